The molecule has 108 valence electrons. The van der Waals surface area contributed by atoms with Crippen LogP contribution in [-0.2, 0) is 4.79 Å². The maximum atomic E-state index is 10.7. The van der Waals surface area contributed by atoms with Crippen molar-refractivity contribution in [1.82, 2.24) is 4.90 Å². The Morgan fingerprint density at radius 3 is 2.17 bits per heavy atom. The van der Waals surface area contributed by atoms with Gasteiger partial charge in [-0.25, -0.2) is 0 Å². The Labute approximate surface area is 111 Å². The average Bonchev–Trinajstić information content (AvgIpc) is 2.26. The van der Waals surface area contributed by atoms with Crippen LogP contribution in [0.15, 0.2) is 0 Å². The van der Waals surface area contributed by atoms with Crippen molar-refractivity contribution >= 4 is 5.97 Å². The Morgan fingerprint density at radius 2 is 1.67 bits per heavy atom. The Hall–Kier alpha value is -0.650. The summed E-state index contributed by atoms with van der Waals surface area (Å²) >= 11 is 0. The maximum Gasteiger partial charge on any atom is 0.317 e. The summed E-state index contributed by atoms with van der Waals surface area (Å²) in [5, 5.41) is 8.77. The van der Waals surface area contributed by atoms with Crippen LogP contribution in [0.4, 0.5) is 0 Å². The first-order valence-corrected chi connectivity index (χ1v) is 7.01. The minimum absolute atomic E-state index is 0.0285. The molecule has 0 aliphatic carbocycles. The first kappa shape index (κ1) is 17.4. The molecule has 0 aromatic rings. The third-order valence-electron chi connectivity index (χ3n) is 2.91. The molecule has 0 aromatic heterocycles. The fourth-order valence-electron chi connectivity index (χ4n) is 2.02. The lowest BCUT2D eigenvalue weighted by Crippen LogP contribution is -2.45. The van der Waals surface area contributed by atoms with Crippen molar-refractivity contribution in [3.63, 3.8) is 0 Å². The third kappa shape index (κ3) is 11.8. The van der Waals surface area contributed by atoms with E-state index in [1.807, 2.05) is 4.90 Å². The molecule has 0 heterocycles. The number of hydrogen-bond acceptors (Lipinski definition) is 4. The summed E-state index contributed by atoms with van der Waals surface area (Å²) in [6, 6.07) is 0. The van der Waals surface area contributed by atoms with Crippen LogP contribution in [-0.4, -0.2) is 41.8 Å². The van der Waals surface area contributed by atoms with E-state index in [-0.39, 0.29) is 6.54 Å². The second-order valence-corrected chi connectivity index (χ2v) is 4.91. The quantitative estimate of drug-likeness (QED) is 0.363. The molecule has 0 saturated heterocycles. The summed E-state index contributed by atoms with van der Waals surface area (Å²) in [6.45, 7) is 3.45. The van der Waals surface area contributed by atoms with Gasteiger partial charge in [-0.3, -0.25) is 9.69 Å². The number of nitrogens with two attached hydrogens (primary N) is 2. The molecule has 0 aliphatic rings. The molecule has 5 N–H and O–H groups in total. The fraction of sp³-hybridized carbons (Fsp3) is 0.923. The van der Waals surface area contributed by atoms with Gasteiger partial charge < -0.3 is 16.6 Å². The lowest BCUT2D eigenvalue weighted by atomic mass is 10.1. The highest BCUT2D eigenvalue weighted by Crippen LogP contribution is 2.07. The number of carboxylic acid groups (broad SMARTS) is 1. The summed E-state index contributed by atoms with van der Waals surface area (Å²) in [5.41, 5.74) is 11.0. The number of carbonyl (C=O) groups is 1. The van der Waals surface area contributed by atoms with Gasteiger partial charge in [-0.2, -0.15) is 0 Å². The van der Waals surface area contributed by atoms with E-state index in [0.29, 0.717) is 6.54 Å². The predicted octanol–water partition coefficient (Wildman–Crippen LogP) is 1.37. The van der Waals surface area contributed by atoms with E-state index in [0.717, 1.165) is 19.4 Å². The molecule has 0 saturated carbocycles. The molecule has 0 amide bonds. The summed E-state index contributed by atoms with van der Waals surface area (Å²) in [6.07, 6.45) is 8.11. The molecule has 0 fully saturated rings. The van der Waals surface area contributed by atoms with Crippen molar-refractivity contribution in [3.8, 4) is 0 Å². The Morgan fingerprint density at radius 1 is 1.11 bits per heavy atom. The van der Waals surface area contributed by atoms with Crippen LogP contribution >= 0.6 is 0 Å². The van der Waals surface area contributed by atoms with Crippen LogP contribution in [0.1, 0.15) is 51.9 Å². The smallest absolute Gasteiger partial charge is 0.317 e. The van der Waals surface area contributed by atoms with E-state index in [4.69, 9.17) is 16.6 Å². The summed E-state index contributed by atoms with van der Waals surface area (Å²) in [4.78, 5) is 12.5. The van der Waals surface area contributed by atoms with Crippen molar-refractivity contribution in [2.24, 2.45) is 11.5 Å². The lowest BCUT2D eigenvalue weighted by Gasteiger charge is -2.21. The molecule has 0 atom stereocenters. The zero-order valence-electron chi connectivity index (χ0n) is 11.6. The van der Waals surface area contributed by atoms with Gasteiger partial charge in [0.2, 0.25) is 0 Å². The van der Waals surface area contributed by atoms with E-state index in [1.54, 1.807) is 0 Å². The zero-order valence-corrected chi connectivity index (χ0v) is 11.6. The van der Waals surface area contributed by atoms with Crippen LogP contribution in [0.3, 0.4) is 0 Å². The highest BCUT2D eigenvalue weighted by molar-refractivity contribution is 5.69. The van der Waals surface area contributed by atoms with Crippen molar-refractivity contribution in [2.75, 3.05) is 19.6 Å². The van der Waals surface area contributed by atoms with Crippen LogP contribution < -0.4 is 11.5 Å². The fourth-order valence-corrected chi connectivity index (χ4v) is 2.02. The average molecular weight is 259 g/mol. The number of nitrogens with zero attached hydrogens (tertiary/aromatic N) is 1. The number of hydrogen-bond donors (Lipinski definition) is 3. The maximum absolute atomic E-state index is 10.7. The highest BCUT2D eigenvalue weighted by Gasteiger charge is 2.10. The molecule has 0 bridgehead atoms. The van der Waals surface area contributed by atoms with Crippen LogP contribution in [0.25, 0.3) is 0 Å². The largest absolute Gasteiger partial charge is 0.480 e. The molecule has 0 radical (unpaired) electrons. The topological polar surface area (TPSA) is 92.6 Å². The summed E-state index contributed by atoms with van der Waals surface area (Å²) in [5.74, 6) is -0.821. The van der Waals surface area contributed by atoms with Crippen molar-refractivity contribution in [3.05, 3.63) is 0 Å². The van der Waals surface area contributed by atoms with E-state index in [9.17, 15) is 4.79 Å². The lowest BCUT2D eigenvalue weighted by molar-refractivity contribution is -0.138. The number of unbranched alkanes of at least 4 members (excludes halogenated alkanes) is 6. The Kier molecular flexibility index (Phi) is 11.0. The standard InChI is InChI=1S/C13H29N3O2/c1-2-3-4-5-6-7-8-9-16(10-12(14)15)11-13(17)18/h12H,2-11,14-15H2,1H3,(H,17,18). The highest BCUT2D eigenvalue weighted by atomic mass is 16.4. The minimum atomic E-state index is -0.821. The first-order chi connectivity index (χ1) is 8.56. The van der Waals surface area contributed by atoms with Gasteiger partial charge in [0.05, 0.1) is 12.7 Å². The van der Waals surface area contributed by atoms with E-state index in [2.05, 4.69) is 6.92 Å². The van der Waals surface area contributed by atoms with Gasteiger partial charge in [-0.1, -0.05) is 45.4 Å². The number of rotatable bonds is 12. The molecule has 0 aromatic carbocycles. The Bertz CT molecular complexity index is 210. The SMILES string of the molecule is CCCCCCCCCN(CC(=O)O)CC(N)N. The van der Waals surface area contributed by atoms with Gasteiger partial charge >= 0.3 is 5.97 Å². The first-order valence-electron chi connectivity index (χ1n) is 7.01. The van der Waals surface area contributed by atoms with Crippen molar-refractivity contribution in [2.45, 2.75) is 58.0 Å². The summed E-state index contributed by atoms with van der Waals surface area (Å²) < 4.78 is 0. The predicted molar refractivity (Wildman–Crippen MR) is 74.2 cm³/mol. The molecular weight excluding hydrogens is 230 g/mol. The van der Waals surface area contributed by atoms with Gasteiger partial charge in [-0.15, -0.1) is 0 Å². The van der Waals surface area contributed by atoms with Crippen LogP contribution in [0, 0.1) is 0 Å². The van der Waals surface area contributed by atoms with E-state index < -0.39 is 12.1 Å². The molecule has 0 unspecified atom stereocenters. The molecule has 0 aliphatic heterocycles. The van der Waals surface area contributed by atoms with Gasteiger partial charge in [0.1, 0.15) is 0 Å². The molecule has 5 heteroatoms. The van der Waals surface area contributed by atoms with Crippen molar-refractivity contribution < 1.29 is 9.90 Å². The monoisotopic (exact) mass is 259 g/mol. The van der Waals surface area contributed by atoms with E-state index >= 15 is 0 Å². The molecule has 18 heavy (non-hydrogen) atoms. The van der Waals surface area contributed by atoms with Gasteiger partial charge in [0.25, 0.3) is 0 Å². The second kappa shape index (κ2) is 11.4. The van der Waals surface area contributed by atoms with Crippen molar-refractivity contribution in [1.29, 1.82) is 0 Å². The zero-order chi connectivity index (χ0) is 13.8. The summed E-state index contributed by atoms with van der Waals surface area (Å²) in [7, 11) is 0. The van der Waals surface area contributed by atoms with Crippen LogP contribution in [0.5, 0.6) is 0 Å². The van der Waals surface area contributed by atoms with Gasteiger partial charge in [0, 0.05) is 6.54 Å². The molecular formula is C13H29N3O2. The molecule has 5 nitrogen and oxygen atoms in total. The number of carboxylic acids is 1. The van der Waals surface area contributed by atoms with E-state index in [1.165, 1.54) is 32.1 Å². The minimum Gasteiger partial charge on any atom is -0.480 e. The molecule has 0 spiro atoms. The van der Waals surface area contributed by atoms with Gasteiger partial charge in [0.15, 0.2) is 0 Å². The number of aliphatic carboxylic acids is 1. The second-order valence-electron chi connectivity index (χ2n) is 4.91. The Balaban J connectivity index is 3.59. The normalized spacial score (nSPS) is 11.4. The third-order valence-corrected chi connectivity index (χ3v) is 2.91. The van der Waals surface area contributed by atoms with Crippen LogP contribution in [0.2, 0.25) is 0 Å². The molecule has 0 rings (SSSR count). The van der Waals surface area contributed by atoms with Gasteiger partial charge in [-0.05, 0) is 13.0 Å².